The highest BCUT2D eigenvalue weighted by atomic mass is 35.5. The third-order valence-electron chi connectivity index (χ3n) is 4.06. The van der Waals surface area contributed by atoms with E-state index in [-0.39, 0.29) is 30.7 Å². The van der Waals surface area contributed by atoms with Crippen molar-refractivity contribution in [1.29, 1.82) is 0 Å². The van der Waals surface area contributed by atoms with Crippen LogP contribution in [0.4, 0.5) is 5.69 Å². The summed E-state index contributed by atoms with van der Waals surface area (Å²) in [6.07, 6.45) is 3.16. The molecule has 144 valence electrons. The fourth-order valence-electron chi connectivity index (χ4n) is 3.04. The van der Waals surface area contributed by atoms with Gasteiger partial charge in [-0.15, -0.1) is 24.8 Å². The number of hydrogen-bond acceptors (Lipinski definition) is 4. The number of benzene rings is 1. The molecule has 25 heavy (non-hydrogen) atoms. The molecule has 0 aromatic heterocycles. The van der Waals surface area contributed by atoms with E-state index in [0.717, 1.165) is 50.3 Å². The molecule has 1 aromatic rings. The summed E-state index contributed by atoms with van der Waals surface area (Å²) < 4.78 is 5.73. The summed E-state index contributed by atoms with van der Waals surface area (Å²) in [5, 5.41) is 2.99. The number of carbonyl (C=O) groups excluding carboxylic acids is 1. The van der Waals surface area contributed by atoms with Crippen molar-refractivity contribution in [3.8, 4) is 0 Å². The number of nitrogens with one attached hydrogen (secondary N) is 1. The maximum Gasteiger partial charge on any atom is 0.224 e. The Balaban J connectivity index is 0.00000288. The fourth-order valence-corrected chi connectivity index (χ4v) is 3.04. The number of nitrogens with two attached hydrogens (primary N) is 1. The second kappa shape index (κ2) is 12.4. The molecule has 0 spiro atoms. The van der Waals surface area contributed by atoms with E-state index < -0.39 is 0 Å². The van der Waals surface area contributed by atoms with E-state index in [1.54, 1.807) is 0 Å². The van der Waals surface area contributed by atoms with Gasteiger partial charge in [-0.2, -0.15) is 0 Å². The van der Waals surface area contributed by atoms with E-state index in [2.05, 4.69) is 24.1 Å². The molecule has 1 aliphatic rings. The van der Waals surface area contributed by atoms with Gasteiger partial charge in [0, 0.05) is 25.3 Å². The van der Waals surface area contributed by atoms with Crippen molar-refractivity contribution in [1.82, 2.24) is 10.2 Å². The molecule has 0 radical (unpaired) electrons. The van der Waals surface area contributed by atoms with Gasteiger partial charge in [0.25, 0.3) is 0 Å². The van der Waals surface area contributed by atoms with E-state index in [9.17, 15) is 4.79 Å². The highest BCUT2D eigenvalue weighted by molar-refractivity contribution is 5.85. The summed E-state index contributed by atoms with van der Waals surface area (Å²) in [7, 11) is 0. The normalized spacial score (nSPS) is 20.2. The van der Waals surface area contributed by atoms with E-state index in [4.69, 9.17) is 10.5 Å². The molecule has 5 nitrogen and oxygen atoms in total. The van der Waals surface area contributed by atoms with Crippen LogP contribution < -0.4 is 11.1 Å². The second-order valence-corrected chi connectivity index (χ2v) is 6.49. The molecular weight excluding hydrogens is 361 g/mol. The highest BCUT2D eigenvalue weighted by Crippen LogP contribution is 2.11. The average Bonchev–Trinajstić information content (AvgIpc) is 2.48. The number of ether oxygens (including phenoxy) is 1. The van der Waals surface area contributed by atoms with E-state index in [1.807, 2.05) is 24.3 Å². The maximum absolute atomic E-state index is 11.9. The quantitative estimate of drug-likeness (QED) is 0.553. The Morgan fingerprint density at radius 2 is 1.76 bits per heavy atom. The van der Waals surface area contributed by atoms with Crippen LogP contribution >= 0.6 is 24.8 Å². The summed E-state index contributed by atoms with van der Waals surface area (Å²) >= 11 is 0. The summed E-state index contributed by atoms with van der Waals surface area (Å²) in [4.78, 5) is 14.3. The van der Waals surface area contributed by atoms with Crippen molar-refractivity contribution in [3.05, 3.63) is 29.8 Å². The van der Waals surface area contributed by atoms with Crippen LogP contribution in [0, 0.1) is 0 Å². The van der Waals surface area contributed by atoms with Crippen molar-refractivity contribution in [3.63, 3.8) is 0 Å². The minimum absolute atomic E-state index is 0. The minimum Gasteiger partial charge on any atom is -0.399 e. The van der Waals surface area contributed by atoms with E-state index in [0.29, 0.717) is 18.6 Å². The second-order valence-electron chi connectivity index (χ2n) is 6.49. The summed E-state index contributed by atoms with van der Waals surface area (Å²) in [5.74, 6) is 0.0726. The van der Waals surface area contributed by atoms with Gasteiger partial charge in [0.1, 0.15) is 0 Å². The van der Waals surface area contributed by atoms with Crippen molar-refractivity contribution >= 4 is 36.4 Å². The molecule has 2 unspecified atom stereocenters. The summed E-state index contributed by atoms with van der Waals surface area (Å²) in [6.45, 7) is 8.08. The lowest BCUT2D eigenvalue weighted by Crippen LogP contribution is -2.45. The van der Waals surface area contributed by atoms with Crippen LogP contribution in [-0.4, -0.2) is 49.2 Å². The molecule has 1 amide bonds. The number of amides is 1. The third kappa shape index (κ3) is 9.31. The molecule has 0 saturated carbocycles. The summed E-state index contributed by atoms with van der Waals surface area (Å²) in [5.41, 5.74) is 7.35. The first-order valence-corrected chi connectivity index (χ1v) is 8.52. The van der Waals surface area contributed by atoms with Crippen LogP contribution in [0.2, 0.25) is 0 Å². The largest absolute Gasteiger partial charge is 0.399 e. The monoisotopic (exact) mass is 391 g/mol. The molecule has 0 bridgehead atoms. The van der Waals surface area contributed by atoms with Gasteiger partial charge < -0.3 is 15.8 Å². The van der Waals surface area contributed by atoms with E-state index >= 15 is 0 Å². The average molecular weight is 392 g/mol. The molecule has 1 saturated heterocycles. The van der Waals surface area contributed by atoms with Crippen LogP contribution in [0.25, 0.3) is 0 Å². The van der Waals surface area contributed by atoms with Crippen molar-refractivity contribution in [2.45, 2.75) is 45.3 Å². The first kappa shape index (κ1) is 24.0. The van der Waals surface area contributed by atoms with E-state index in [1.165, 1.54) is 0 Å². The number of carbonyl (C=O) groups is 1. The Bertz CT molecular complexity index is 490. The van der Waals surface area contributed by atoms with Gasteiger partial charge >= 0.3 is 0 Å². The number of morpholine rings is 1. The Hall–Kier alpha value is -1.01. The Kier molecular flexibility index (Phi) is 11.9. The zero-order valence-electron chi connectivity index (χ0n) is 15.1. The number of unbranched alkanes of at least 4 members (excludes halogenated alkanes) is 1. The van der Waals surface area contributed by atoms with Crippen LogP contribution in [-0.2, 0) is 16.0 Å². The molecule has 0 aliphatic carbocycles. The number of anilines is 1. The highest BCUT2D eigenvalue weighted by Gasteiger charge is 2.21. The van der Waals surface area contributed by atoms with Gasteiger partial charge in [-0.1, -0.05) is 12.1 Å². The molecule has 7 heteroatoms. The lowest BCUT2D eigenvalue weighted by atomic mass is 10.1. The molecule has 1 aromatic carbocycles. The molecule has 3 N–H and O–H groups in total. The Morgan fingerprint density at radius 1 is 1.16 bits per heavy atom. The Morgan fingerprint density at radius 3 is 2.36 bits per heavy atom. The van der Waals surface area contributed by atoms with Gasteiger partial charge in [-0.25, -0.2) is 0 Å². The standard InChI is InChI=1S/C18H29N3O2.2ClH/c1-14-12-21(13-15(2)23-14)10-4-3-9-20-18(22)11-16-5-7-17(19)8-6-16;;/h5-8,14-15H,3-4,9-13,19H2,1-2H3,(H,20,22);2*1H. The molecule has 1 aliphatic heterocycles. The predicted octanol–water partition coefficient (Wildman–Crippen LogP) is 2.66. The number of halogens is 2. The Labute approximate surface area is 163 Å². The number of rotatable bonds is 7. The van der Waals surface area contributed by atoms with Crippen molar-refractivity contribution in [2.24, 2.45) is 0 Å². The number of hydrogen-bond donors (Lipinski definition) is 2. The molecule has 1 fully saturated rings. The van der Waals surface area contributed by atoms with Crippen LogP contribution in [0.1, 0.15) is 32.3 Å². The van der Waals surface area contributed by atoms with Gasteiger partial charge in [-0.3, -0.25) is 9.69 Å². The van der Waals surface area contributed by atoms with Gasteiger partial charge in [0.05, 0.1) is 18.6 Å². The van der Waals surface area contributed by atoms with Crippen LogP contribution in [0.3, 0.4) is 0 Å². The lowest BCUT2D eigenvalue weighted by Gasteiger charge is -2.35. The lowest BCUT2D eigenvalue weighted by molar-refractivity contribution is -0.120. The summed E-state index contributed by atoms with van der Waals surface area (Å²) in [6, 6.07) is 7.45. The van der Waals surface area contributed by atoms with Crippen LogP contribution in [0.15, 0.2) is 24.3 Å². The number of nitrogen functional groups attached to an aromatic ring is 1. The molecule has 2 atom stereocenters. The SMILES string of the molecule is CC1CN(CCCCNC(=O)Cc2ccc(N)cc2)CC(C)O1.Cl.Cl. The predicted molar refractivity (Wildman–Crippen MR) is 108 cm³/mol. The van der Waals surface area contributed by atoms with Gasteiger partial charge in [-0.05, 0) is 50.9 Å². The van der Waals surface area contributed by atoms with Gasteiger partial charge in [0.15, 0.2) is 0 Å². The first-order chi connectivity index (χ1) is 11.0. The molecule has 2 rings (SSSR count). The fraction of sp³-hybridized carbons (Fsp3) is 0.611. The smallest absolute Gasteiger partial charge is 0.224 e. The van der Waals surface area contributed by atoms with Gasteiger partial charge in [0.2, 0.25) is 5.91 Å². The van der Waals surface area contributed by atoms with Crippen LogP contribution in [0.5, 0.6) is 0 Å². The maximum atomic E-state index is 11.9. The minimum atomic E-state index is 0. The van der Waals surface area contributed by atoms with Crippen molar-refractivity contribution in [2.75, 3.05) is 31.9 Å². The molecule has 1 heterocycles. The first-order valence-electron chi connectivity index (χ1n) is 8.52. The molecular formula is C18H31Cl2N3O2. The number of nitrogens with zero attached hydrogens (tertiary/aromatic N) is 1. The zero-order chi connectivity index (χ0) is 16.7. The zero-order valence-corrected chi connectivity index (χ0v) is 16.7. The topological polar surface area (TPSA) is 67.6 Å². The third-order valence-corrected chi connectivity index (χ3v) is 4.06. The van der Waals surface area contributed by atoms with Crippen molar-refractivity contribution < 1.29 is 9.53 Å².